The van der Waals surface area contributed by atoms with Crippen LogP contribution in [0.2, 0.25) is 0 Å². The summed E-state index contributed by atoms with van der Waals surface area (Å²) in [7, 11) is 0. The molecule has 3 nitrogen and oxygen atoms in total. The number of rotatable bonds is 2. The van der Waals surface area contributed by atoms with Crippen molar-refractivity contribution in [1.29, 1.82) is 0 Å². The highest BCUT2D eigenvalue weighted by Crippen LogP contribution is 2.28. The van der Waals surface area contributed by atoms with Crippen molar-refractivity contribution >= 4 is 11.6 Å². The Morgan fingerprint density at radius 2 is 1.95 bits per heavy atom. The molecular formula is C17H17NO2. The minimum absolute atomic E-state index is 0.0931. The zero-order valence-corrected chi connectivity index (χ0v) is 11.6. The summed E-state index contributed by atoms with van der Waals surface area (Å²) in [5, 5.41) is 2.92. The first-order chi connectivity index (χ1) is 9.63. The van der Waals surface area contributed by atoms with Crippen LogP contribution in [0.15, 0.2) is 42.5 Å². The Morgan fingerprint density at radius 1 is 1.15 bits per heavy atom. The molecule has 1 heterocycles. The Balaban J connectivity index is 1.71. The predicted molar refractivity (Wildman–Crippen MR) is 79.1 cm³/mol. The van der Waals surface area contributed by atoms with Gasteiger partial charge >= 0.3 is 0 Å². The van der Waals surface area contributed by atoms with Gasteiger partial charge in [0.2, 0.25) is 0 Å². The van der Waals surface area contributed by atoms with Crippen molar-refractivity contribution in [2.45, 2.75) is 26.4 Å². The molecule has 0 bridgehead atoms. The summed E-state index contributed by atoms with van der Waals surface area (Å²) >= 11 is 0. The molecule has 3 heteroatoms. The highest BCUT2D eigenvalue weighted by atomic mass is 16.5. The van der Waals surface area contributed by atoms with Gasteiger partial charge in [0.15, 0.2) is 6.10 Å². The molecule has 0 spiro atoms. The van der Waals surface area contributed by atoms with E-state index in [1.165, 1.54) is 11.1 Å². The average Bonchev–Trinajstić information content (AvgIpc) is 2.87. The Morgan fingerprint density at radius 3 is 2.70 bits per heavy atom. The number of hydrogen-bond acceptors (Lipinski definition) is 2. The van der Waals surface area contributed by atoms with Crippen LogP contribution in [-0.2, 0) is 11.2 Å². The highest BCUT2D eigenvalue weighted by Gasteiger charge is 2.28. The number of para-hydroxylation sites is 1. The van der Waals surface area contributed by atoms with Crippen molar-refractivity contribution in [2.24, 2.45) is 0 Å². The minimum atomic E-state index is -0.436. The van der Waals surface area contributed by atoms with Gasteiger partial charge in [0.25, 0.3) is 5.91 Å². The molecule has 20 heavy (non-hydrogen) atoms. The fourth-order valence-corrected chi connectivity index (χ4v) is 2.37. The third-order valence-electron chi connectivity index (χ3n) is 3.71. The van der Waals surface area contributed by atoms with E-state index in [0.717, 1.165) is 17.0 Å². The lowest BCUT2D eigenvalue weighted by Gasteiger charge is -2.12. The summed E-state index contributed by atoms with van der Waals surface area (Å²) in [6.45, 7) is 4.09. The molecule has 0 aromatic heterocycles. The molecule has 1 aliphatic heterocycles. The fraction of sp³-hybridized carbons (Fsp3) is 0.235. The topological polar surface area (TPSA) is 38.3 Å². The van der Waals surface area contributed by atoms with Gasteiger partial charge in [-0.05, 0) is 48.7 Å². The van der Waals surface area contributed by atoms with Crippen molar-refractivity contribution in [3.05, 3.63) is 59.2 Å². The molecule has 1 atom stereocenters. The van der Waals surface area contributed by atoms with Crippen LogP contribution in [0.3, 0.4) is 0 Å². The molecule has 0 fully saturated rings. The van der Waals surface area contributed by atoms with Crippen LogP contribution < -0.4 is 10.1 Å². The Labute approximate surface area is 118 Å². The standard InChI is InChI=1S/C17H17NO2/c1-11-7-8-14(9-12(11)2)18-17(19)16-10-13-5-3-4-6-15(13)20-16/h3-9,16H,10H2,1-2H3,(H,18,19). The average molecular weight is 267 g/mol. The normalized spacial score (nSPS) is 16.4. The third kappa shape index (κ3) is 2.39. The van der Waals surface area contributed by atoms with Crippen molar-refractivity contribution < 1.29 is 9.53 Å². The number of nitrogens with one attached hydrogen (secondary N) is 1. The lowest BCUT2D eigenvalue weighted by Crippen LogP contribution is -2.31. The number of fused-ring (bicyclic) bond motifs is 1. The van der Waals surface area contributed by atoms with E-state index in [0.29, 0.717) is 6.42 Å². The minimum Gasteiger partial charge on any atom is -0.480 e. The van der Waals surface area contributed by atoms with Crippen LogP contribution >= 0.6 is 0 Å². The molecule has 3 rings (SSSR count). The van der Waals surface area contributed by atoms with E-state index in [-0.39, 0.29) is 5.91 Å². The molecule has 1 aliphatic rings. The Bertz CT molecular complexity index is 639. The lowest BCUT2D eigenvalue weighted by molar-refractivity contribution is -0.122. The van der Waals surface area contributed by atoms with Gasteiger partial charge in [0.05, 0.1) is 0 Å². The van der Waals surface area contributed by atoms with E-state index in [1.807, 2.05) is 49.4 Å². The quantitative estimate of drug-likeness (QED) is 0.907. The maximum absolute atomic E-state index is 12.2. The molecule has 2 aromatic rings. The van der Waals surface area contributed by atoms with Gasteiger partial charge in [-0.3, -0.25) is 4.79 Å². The van der Waals surface area contributed by atoms with Crippen molar-refractivity contribution in [3.63, 3.8) is 0 Å². The number of carbonyl (C=O) groups excluding carboxylic acids is 1. The first-order valence-corrected chi connectivity index (χ1v) is 6.76. The molecule has 1 amide bonds. The largest absolute Gasteiger partial charge is 0.480 e. The van der Waals surface area contributed by atoms with Gasteiger partial charge < -0.3 is 10.1 Å². The molecule has 1 unspecified atom stereocenters. The van der Waals surface area contributed by atoms with E-state index < -0.39 is 6.10 Å². The fourth-order valence-electron chi connectivity index (χ4n) is 2.37. The zero-order valence-electron chi connectivity index (χ0n) is 11.6. The van der Waals surface area contributed by atoms with Crippen LogP contribution in [0.1, 0.15) is 16.7 Å². The van der Waals surface area contributed by atoms with Gasteiger partial charge in [-0.2, -0.15) is 0 Å². The smallest absolute Gasteiger partial charge is 0.265 e. The number of carbonyl (C=O) groups is 1. The zero-order chi connectivity index (χ0) is 14.1. The summed E-state index contributed by atoms with van der Waals surface area (Å²) in [5.74, 6) is 0.720. The maximum atomic E-state index is 12.2. The summed E-state index contributed by atoms with van der Waals surface area (Å²) in [6, 6.07) is 13.7. The van der Waals surface area contributed by atoms with Crippen LogP contribution in [0.5, 0.6) is 5.75 Å². The van der Waals surface area contributed by atoms with E-state index in [1.54, 1.807) is 0 Å². The number of amides is 1. The summed E-state index contributed by atoms with van der Waals surface area (Å²) in [4.78, 5) is 12.2. The number of hydrogen-bond donors (Lipinski definition) is 1. The molecule has 0 radical (unpaired) electrons. The predicted octanol–water partition coefficient (Wildman–Crippen LogP) is 3.25. The van der Waals surface area contributed by atoms with Crippen molar-refractivity contribution in [2.75, 3.05) is 5.32 Å². The van der Waals surface area contributed by atoms with Crippen molar-refractivity contribution in [1.82, 2.24) is 0 Å². The lowest BCUT2D eigenvalue weighted by atomic mass is 10.1. The summed E-state index contributed by atoms with van der Waals surface area (Å²) in [5.41, 5.74) is 4.29. The van der Waals surface area contributed by atoms with Gasteiger partial charge in [0.1, 0.15) is 5.75 Å². The Hall–Kier alpha value is -2.29. The highest BCUT2D eigenvalue weighted by molar-refractivity contribution is 5.95. The molecule has 102 valence electrons. The molecule has 0 saturated carbocycles. The second-order valence-corrected chi connectivity index (χ2v) is 5.21. The molecule has 0 saturated heterocycles. The first kappa shape index (κ1) is 12.7. The monoisotopic (exact) mass is 267 g/mol. The SMILES string of the molecule is Cc1ccc(NC(=O)C2Cc3ccccc3O2)cc1C. The van der Waals surface area contributed by atoms with Crippen LogP contribution in [0, 0.1) is 13.8 Å². The van der Waals surface area contributed by atoms with Gasteiger partial charge in [0, 0.05) is 12.1 Å². The Kier molecular flexibility index (Phi) is 3.18. The van der Waals surface area contributed by atoms with Crippen molar-refractivity contribution in [3.8, 4) is 5.75 Å². The number of benzene rings is 2. The van der Waals surface area contributed by atoms with Crippen LogP contribution in [-0.4, -0.2) is 12.0 Å². The van der Waals surface area contributed by atoms with E-state index in [4.69, 9.17) is 4.74 Å². The molecular weight excluding hydrogens is 250 g/mol. The van der Waals surface area contributed by atoms with Gasteiger partial charge in [-0.15, -0.1) is 0 Å². The van der Waals surface area contributed by atoms with E-state index in [9.17, 15) is 4.79 Å². The summed E-state index contributed by atoms with van der Waals surface area (Å²) < 4.78 is 5.68. The first-order valence-electron chi connectivity index (χ1n) is 6.76. The second-order valence-electron chi connectivity index (χ2n) is 5.21. The summed E-state index contributed by atoms with van der Waals surface area (Å²) in [6.07, 6.45) is 0.196. The molecule has 2 aromatic carbocycles. The molecule has 1 N–H and O–H groups in total. The third-order valence-corrected chi connectivity index (χ3v) is 3.71. The van der Waals surface area contributed by atoms with Crippen LogP contribution in [0.4, 0.5) is 5.69 Å². The molecule has 0 aliphatic carbocycles. The van der Waals surface area contributed by atoms with Crippen LogP contribution in [0.25, 0.3) is 0 Å². The second kappa shape index (κ2) is 5.00. The number of aryl methyl sites for hydroxylation is 2. The van der Waals surface area contributed by atoms with Gasteiger partial charge in [-0.25, -0.2) is 0 Å². The van der Waals surface area contributed by atoms with E-state index in [2.05, 4.69) is 12.2 Å². The number of anilines is 1. The van der Waals surface area contributed by atoms with Gasteiger partial charge in [-0.1, -0.05) is 24.3 Å². The maximum Gasteiger partial charge on any atom is 0.265 e. The van der Waals surface area contributed by atoms with E-state index >= 15 is 0 Å². The number of ether oxygens (including phenoxy) is 1.